The van der Waals surface area contributed by atoms with Gasteiger partial charge in [0.25, 0.3) is 5.22 Å². The summed E-state index contributed by atoms with van der Waals surface area (Å²) in [6.45, 7) is 6.75. The van der Waals surface area contributed by atoms with Crippen LogP contribution in [0.4, 0.5) is 0 Å². The van der Waals surface area contributed by atoms with Crippen molar-refractivity contribution < 1.29 is 4.42 Å². The summed E-state index contributed by atoms with van der Waals surface area (Å²) in [5, 5.41) is 20.8. The van der Waals surface area contributed by atoms with Crippen LogP contribution in [0.2, 0.25) is 0 Å². The summed E-state index contributed by atoms with van der Waals surface area (Å²) in [7, 11) is 0. The number of hydrogen-bond acceptors (Lipinski definition) is 6. The standard InChI is InChI=1S/C13H22N4OS/c1-4-8-15-13(3,10-14)7-5-6-9-19-12-17-16-11(2)18-12/h15H,4-9H2,1-3H3. The molecule has 0 aromatic carbocycles. The van der Waals surface area contributed by atoms with Gasteiger partial charge in [0, 0.05) is 12.7 Å². The van der Waals surface area contributed by atoms with Gasteiger partial charge in [-0.2, -0.15) is 5.26 Å². The van der Waals surface area contributed by atoms with Crippen LogP contribution in [0.1, 0.15) is 45.4 Å². The molecule has 0 aliphatic rings. The maximum absolute atomic E-state index is 9.20. The van der Waals surface area contributed by atoms with Crippen molar-refractivity contribution in [3.05, 3.63) is 5.89 Å². The van der Waals surface area contributed by atoms with Gasteiger partial charge in [-0.3, -0.25) is 5.32 Å². The molecule has 1 aromatic rings. The van der Waals surface area contributed by atoms with E-state index in [2.05, 4.69) is 28.5 Å². The predicted octanol–water partition coefficient (Wildman–Crippen LogP) is 2.92. The second-order valence-electron chi connectivity index (χ2n) is 4.76. The zero-order chi connectivity index (χ0) is 14.1. The summed E-state index contributed by atoms with van der Waals surface area (Å²) in [5.41, 5.74) is -0.401. The lowest BCUT2D eigenvalue weighted by Gasteiger charge is -2.22. The van der Waals surface area contributed by atoms with Crippen LogP contribution in [0.3, 0.4) is 0 Å². The first-order chi connectivity index (χ1) is 9.09. The summed E-state index contributed by atoms with van der Waals surface area (Å²) >= 11 is 1.57. The molecule has 1 N–H and O–H groups in total. The van der Waals surface area contributed by atoms with Gasteiger partial charge >= 0.3 is 0 Å². The number of aromatic nitrogens is 2. The number of hydrogen-bond donors (Lipinski definition) is 1. The SMILES string of the molecule is CCCNC(C)(C#N)CCCCSc1nnc(C)o1. The molecule has 1 heterocycles. The van der Waals surface area contributed by atoms with Crippen LogP contribution in [-0.2, 0) is 0 Å². The van der Waals surface area contributed by atoms with E-state index in [-0.39, 0.29) is 0 Å². The number of nitriles is 1. The molecule has 0 aliphatic heterocycles. The molecule has 1 atom stereocenters. The summed E-state index contributed by atoms with van der Waals surface area (Å²) in [6, 6.07) is 2.37. The molecule has 106 valence electrons. The third-order valence-electron chi connectivity index (χ3n) is 2.82. The van der Waals surface area contributed by atoms with Gasteiger partial charge < -0.3 is 4.42 Å². The average molecular weight is 282 g/mol. The van der Waals surface area contributed by atoms with Crippen molar-refractivity contribution in [3.8, 4) is 6.07 Å². The zero-order valence-electron chi connectivity index (χ0n) is 11.9. The van der Waals surface area contributed by atoms with E-state index in [1.54, 1.807) is 18.7 Å². The quantitative estimate of drug-likeness (QED) is 0.554. The van der Waals surface area contributed by atoms with Gasteiger partial charge in [-0.1, -0.05) is 18.7 Å². The molecule has 0 spiro atoms. The van der Waals surface area contributed by atoms with Crippen molar-refractivity contribution in [2.24, 2.45) is 0 Å². The maximum atomic E-state index is 9.20. The first-order valence-corrected chi connectivity index (χ1v) is 7.67. The van der Waals surface area contributed by atoms with E-state index in [4.69, 9.17) is 4.42 Å². The normalized spacial score (nSPS) is 14.0. The molecule has 0 aliphatic carbocycles. The van der Waals surface area contributed by atoms with Crippen LogP contribution in [0.25, 0.3) is 0 Å². The Kier molecular flexibility index (Phi) is 6.89. The third kappa shape index (κ3) is 6.08. The van der Waals surface area contributed by atoms with Crippen molar-refractivity contribution in [1.82, 2.24) is 15.5 Å². The van der Waals surface area contributed by atoms with Crippen molar-refractivity contribution in [2.75, 3.05) is 12.3 Å². The van der Waals surface area contributed by atoms with Gasteiger partial charge in [-0.05, 0) is 39.2 Å². The second kappa shape index (κ2) is 8.18. The van der Waals surface area contributed by atoms with Gasteiger partial charge in [0.2, 0.25) is 5.89 Å². The Morgan fingerprint density at radius 1 is 1.42 bits per heavy atom. The summed E-state index contributed by atoms with van der Waals surface area (Å²) in [4.78, 5) is 0. The van der Waals surface area contributed by atoms with Crippen molar-refractivity contribution in [2.45, 2.75) is 57.2 Å². The Labute approximate surface area is 119 Å². The van der Waals surface area contributed by atoms with Crippen LogP contribution in [0, 0.1) is 18.3 Å². The van der Waals surface area contributed by atoms with Gasteiger partial charge in [-0.25, -0.2) is 0 Å². The number of unbranched alkanes of at least 4 members (excludes halogenated alkanes) is 1. The fourth-order valence-corrected chi connectivity index (χ4v) is 2.46. The molecule has 0 bridgehead atoms. The molecular weight excluding hydrogens is 260 g/mol. The molecule has 6 heteroatoms. The zero-order valence-corrected chi connectivity index (χ0v) is 12.7. The molecule has 1 unspecified atom stereocenters. The molecule has 0 radical (unpaired) electrons. The Morgan fingerprint density at radius 3 is 2.79 bits per heavy atom. The van der Waals surface area contributed by atoms with Crippen LogP contribution in [-0.4, -0.2) is 28.0 Å². The first kappa shape index (κ1) is 16.0. The second-order valence-corrected chi connectivity index (χ2v) is 5.81. The monoisotopic (exact) mass is 282 g/mol. The summed E-state index contributed by atoms with van der Waals surface area (Å²) in [5.74, 6) is 1.54. The molecule has 19 heavy (non-hydrogen) atoms. The minimum atomic E-state index is -0.401. The minimum absolute atomic E-state index is 0.401. The molecule has 0 amide bonds. The summed E-state index contributed by atoms with van der Waals surface area (Å²) < 4.78 is 5.28. The fraction of sp³-hybridized carbons (Fsp3) is 0.769. The molecule has 0 saturated heterocycles. The lowest BCUT2D eigenvalue weighted by Crippen LogP contribution is -2.41. The fourth-order valence-electron chi connectivity index (χ4n) is 1.66. The lowest BCUT2D eigenvalue weighted by atomic mass is 9.96. The van der Waals surface area contributed by atoms with Crippen LogP contribution in [0.15, 0.2) is 9.64 Å². The lowest BCUT2D eigenvalue weighted by molar-refractivity contribution is 0.405. The van der Waals surface area contributed by atoms with Crippen molar-refractivity contribution in [3.63, 3.8) is 0 Å². The number of aryl methyl sites for hydroxylation is 1. The van der Waals surface area contributed by atoms with Crippen molar-refractivity contribution in [1.29, 1.82) is 5.26 Å². The highest BCUT2D eigenvalue weighted by molar-refractivity contribution is 7.99. The molecule has 0 fully saturated rings. The summed E-state index contributed by atoms with van der Waals surface area (Å²) in [6.07, 6.45) is 3.97. The Balaban J connectivity index is 2.17. The van der Waals surface area contributed by atoms with E-state index in [0.29, 0.717) is 11.1 Å². The maximum Gasteiger partial charge on any atom is 0.276 e. The van der Waals surface area contributed by atoms with Gasteiger partial charge in [-0.15, -0.1) is 10.2 Å². The van der Waals surface area contributed by atoms with Gasteiger partial charge in [0.05, 0.1) is 6.07 Å². The molecule has 0 saturated carbocycles. The molecular formula is C13H22N4OS. The average Bonchev–Trinajstić information content (AvgIpc) is 2.82. The van der Waals surface area contributed by atoms with Gasteiger partial charge in [0.1, 0.15) is 5.54 Å². The van der Waals surface area contributed by atoms with E-state index in [9.17, 15) is 5.26 Å². The number of thioether (sulfide) groups is 1. The van der Waals surface area contributed by atoms with Crippen LogP contribution < -0.4 is 5.32 Å². The Hall–Kier alpha value is -1.06. The van der Waals surface area contributed by atoms with Crippen molar-refractivity contribution >= 4 is 11.8 Å². The highest BCUT2D eigenvalue weighted by Crippen LogP contribution is 2.19. The highest BCUT2D eigenvalue weighted by Gasteiger charge is 2.21. The number of rotatable bonds is 9. The largest absolute Gasteiger partial charge is 0.416 e. The molecule has 1 aromatic heterocycles. The smallest absolute Gasteiger partial charge is 0.276 e. The Bertz CT molecular complexity index is 415. The highest BCUT2D eigenvalue weighted by atomic mass is 32.2. The van der Waals surface area contributed by atoms with Crippen LogP contribution >= 0.6 is 11.8 Å². The Morgan fingerprint density at radius 2 is 2.21 bits per heavy atom. The van der Waals surface area contributed by atoms with E-state index in [1.165, 1.54) is 0 Å². The topological polar surface area (TPSA) is 74.7 Å². The third-order valence-corrected chi connectivity index (χ3v) is 3.72. The molecule has 5 nitrogen and oxygen atoms in total. The van der Waals surface area contributed by atoms with E-state index >= 15 is 0 Å². The number of nitrogens with one attached hydrogen (secondary N) is 1. The first-order valence-electron chi connectivity index (χ1n) is 6.69. The van der Waals surface area contributed by atoms with Crippen LogP contribution in [0.5, 0.6) is 0 Å². The number of nitrogens with zero attached hydrogens (tertiary/aromatic N) is 3. The molecule has 1 rings (SSSR count). The predicted molar refractivity (Wildman–Crippen MR) is 75.9 cm³/mol. The van der Waals surface area contributed by atoms with Gasteiger partial charge in [0.15, 0.2) is 0 Å². The van der Waals surface area contributed by atoms with E-state index in [1.807, 2.05) is 6.92 Å². The minimum Gasteiger partial charge on any atom is -0.416 e. The van der Waals surface area contributed by atoms with E-state index in [0.717, 1.165) is 38.0 Å². The van der Waals surface area contributed by atoms with E-state index < -0.39 is 5.54 Å².